The Morgan fingerprint density at radius 1 is 0.955 bits per heavy atom. The van der Waals surface area contributed by atoms with E-state index < -0.39 is 10.0 Å². The summed E-state index contributed by atoms with van der Waals surface area (Å²) in [5.74, 6) is 0.500. The van der Waals surface area contributed by atoms with Gasteiger partial charge in [0, 0.05) is 13.1 Å². The molecule has 3 rings (SSSR count). The Morgan fingerprint density at radius 3 is 1.95 bits per heavy atom. The van der Waals surface area contributed by atoms with Crippen molar-refractivity contribution in [2.45, 2.75) is 63.0 Å². The van der Waals surface area contributed by atoms with Crippen LogP contribution in [0.5, 0.6) is 0 Å². The Labute approximate surface area is 134 Å². The molecule has 122 valence electrons. The van der Waals surface area contributed by atoms with E-state index in [4.69, 9.17) is 0 Å². The van der Waals surface area contributed by atoms with Crippen LogP contribution in [0.25, 0.3) is 0 Å². The van der Waals surface area contributed by atoms with Gasteiger partial charge in [0.05, 0.1) is 5.25 Å². The number of hydrogen-bond donors (Lipinski definition) is 0. The highest BCUT2D eigenvalue weighted by atomic mass is 32.2. The lowest BCUT2D eigenvalue weighted by Gasteiger charge is -2.31. The quantitative estimate of drug-likeness (QED) is 0.852. The second-order valence-electron chi connectivity index (χ2n) is 7.79. The maximum atomic E-state index is 12.3. The highest BCUT2D eigenvalue weighted by Crippen LogP contribution is 2.35. The Bertz CT molecular complexity index is 616. The van der Waals surface area contributed by atoms with E-state index in [0.29, 0.717) is 19.0 Å². The first kappa shape index (κ1) is 16.0. The lowest BCUT2D eigenvalue weighted by atomic mass is 9.84. The molecule has 0 amide bonds. The average Bonchev–Trinajstić information content (AvgIpc) is 3.32. The van der Waals surface area contributed by atoms with E-state index in [-0.39, 0.29) is 10.7 Å². The van der Waals surface area contributed by atoms with Gasteiger partial charge in [-0.15, -0.1) is 0 Å². The monoisotopic (exact) mass is 321 g/mol. The molecule has 0 aromatic heterocycles. The minimum atomic E-state index is -2.99. The number of benzene rings is 1. The first-order chi connectivity index (χ1) is 10.3. The van der Waals surface area contributed by atoms with Gasteiger partial charge in [-0.25, -0.2) is 12.7 Å². The number of nitrogens with zero attached hydrogens (tertiary/aromatic N) is 1. The van der Waals surface area contributed by atoms with Crippen molar-refractivity contribution in [2.75, 3.05) is 13.1 Å². The van der Waals surface area contributed by atoms with Gasteiger partial charge in [-0.3, -0.25) is 0 Å². The summed E-state index contributed by atoms with van der Waals surface area (Å²) in [6.45, 7) is 8.05. The van der Waals surface area contributed by atoms with Crippen molar-refractivity contribution in [1.82, 2.24) is 4.31 Å². The van der Waals surface area contributed by atoms with E-state index in [1.165, 1.54) is 11.1 Å². The lowest BCUT2D eigenvalue weighted by Crippen LogP contribution is -2.39. The third-order valence-corrected chi connectivity index (χ3v) is 7.41. The Hall–Kier alpha value is -0.870. The lowest BCUT2D eigenvalue weighted by molar-refractivity contribution is 0.319. The maximum absolute atomic E-state index is 12.3. The van der Waals surface area contributed by atoms with Gasteiger partial charge in [-0.05, 0) is 48.1 Å². The van der Waals surface area contributed by atoms with Gasteiger partial charge in [0.1, 0.15) is 0 Å². The molecule has 0 unspecified atom stereocenters. The summed E-state index contributed by atoms with van der Waals surface area (Å²) in [5, 5.41) is -0.0740. The predicted molar refractivity (Wildman–Crippen MR) is 90.6 cm³/mol. The molecule has 1 aromatic rings. The van der Waals surface area contributed by atoms with Crippen LogP contribution in [0.2, 0.25) is 0 Å². The number of hydrogen-bond acceptors (Lipinski definition) is 2. The fourth-order valence-electron chi connectivity index (χ4n) is 3.28. The molecule has 0 atom stereocenters. The van der Waals surface area contributed by atoms with Gasteiger partial charge in [0.2, 0.25) is 10.0 Å². The minimum absolute atomic E-state index is 0.0740. The molecular formula is C18H27NO2S. The van der Waals surface area contributed by atoms with Crippen molar-refractivity contribution in [1.29, 1.82) is 0 Å². The highest BCUT2D eigenvalue weighted by molar-refractivity contribution is 7.90. The molecule has 1 saturated carbocycles. The number of rotatable bonds is 3. The molecular weight excluding hydrogens is 294 g/mol. The zero-order chi connectivity index (χ0) is 16.0. The van der Waals surface area contributed by atoms with Crippen LogP contribution >= 0.6 is 0 Å². The van der Waals surface area contributed by atoms with Crippen molar-refractivity contribution in [3.63, 3.8) is 0 Å². The molecule has 0 bridgehead atoms. The van der Waals surface area contributed by atoms with Crippen LogP contribution in [0.15, 0.2) is 24.3 Å². The van der Waals surface area contributed by atoms with Crippen LogP contribution in [0, 0.1) is 0 Å². The molecule has 2 fully saturated rings. The molecule has 0 radical (unpaired) electrons. The summed E-state index contributed by atoms with van der Waals surface area (Å²) < 4.78 is 26.3. The molecule has 1 aromatic carbocycles. The Morgan fingerprint density at radius 2 is 1.50 bits per heavy atom. The van der Waals surface area contributed by atoms with Crippen molar-refractivity contribution < 1.29 is 8.42 Å². The standard InChI is InChI=1S/C18H27NO2S/c1-18(2,3)16-6-4-14(5-7-16)15-10-12-19(13-11-15)22(20,21)17-8-9-17/h4-7,15,17H,8-13H2,1-3H3. The molecule has 2 aliphatic rings. The SMILES string of the molecule is CC(C)(C)c1ccc(C2CCN(S(=O)(=O)C3CC3)CC2)cc1. The van der Waals surface area contributed by atoms with Crippen molar-refractivity contribution >= 4 is 10.0 Å². The van der Waals surface area contributed by atoms with E-state index in [9.17, 15) is 8.42 Å². The third kappa shape index (κ3) is 3.23. The molecule has 0 N–H and O–H groups in total. The molecule has 22 heavy (non-hydrogen) atoms. The fraction of sp³-hybridized carbons (Fsp3) is 0.667. The van der Waals surface area contributed by atoms with E-state index in [2.05, 4.69) is 45.0 Å². The fourth-order valence-corrected chi connectivity index (χ4v) is 5.15. The topological polar surface area (TPSA) is 37.4 Å². The summed E-state index contributed by atoms with van der Waals surface area (Å²) in [5.41, 5.74) is 2.89. The molecule has 1 saturated heterocycles. The van der Waals surface area contributed by atoms with Gasteiger partial charge in [0.15, 0.2) is 0 Å². The van der Waals surface area contributed by atoms with Crippen molar-refractivity contribution in [3.05, 3.63) is 35.4 Å². The van der Waals surface area contributed by atoms with E-state index in [0.717, 1.165) is 25.7 Å². The summed E-state index contributed by atoms with van der Waals surface area (Å²) in [7, 11) is -2.99. The highest BCUT2D eigenvalue weighted by Gasteiger charge is 2.41. The first-order valence-corrected chi connectivity index (χ1v) is 9.88. The second kappa shape index (κ2) is 5.64. The molecule has 4 heteroatoms. The third-order valence-electron chi connectivity index (χ3n) is 5.01. The summed E-state index contributed by atoms with van der Waals surface area (Å²) in [6, 6.07) is 8.91. The summed E-state index contributed by atoms with van der Waals surface area (Å²) in [4.78, 5) is 0. The second-order valence-corrected chi connectivity index (χ2v) is 10.0. The van der Waals surface area contributed by atoms with Crippen LogP contribution in [-0.4, -0.2) is 31.1 Å². The van der Waals surface area contributed by atoms with Crippen LogP contribution in [-0.2, 0) is 15.4 Å². The molecule has 0 spiro atoms. The maximum Gasteiger partial charge on any atom is 0.216 e. The smallest absolute Gasteiger partial charge is 0.212 e. The molecule has 1 aliphatic carbocycles. The summed E-state index contributed by atoms with van der Waals surface area (Å²) in [6.07, 6.45) is 3.61. The van der Waals surface area contributed by atoms with Crippen LogP contribution in [0.4, 0.5) is 0 Å². The zero-order valence-corrected chi connectivity index (χ0v) is 14.7. The largest absolute Gasteiger partial charge is 0.216 e. The van der Waals surface area contributed by atoms with Crippen molar-refractivity contribution in [3.8, 4) is 0 Å². The van der Waals surface area contributed by atoms with Gasteiger partial charge < -0.3 is 0 Å². The number of piperidine rings is 1. The Kier molecular flexibility index (Phi) is 4.11. The molecule has 1 aliphatic heterocycles. The van der Waals surface area contributed by atoms with Gasteiger partial charge in [0.25, 0.3) is 0 Å². The number of sulfonamides is 1. The summed E-state index contributed by atoms with van der Waals surface area (Å²) >= 11 is 0. The molecule has 1 heterocycles. The van der Waals surface area contributed by atoms with Gasteiger partial charge in [-0.1, -0.05) is 45.0 Å². The van der Waals surface area contributed by atoms with Crippen molar-refractivity contribution in [2.24, 2.45) is 0 Å². The van der Waals surface area contributed by atoms with E-state index in [1.807, 2.05) is 0 Å². The van der Waals surface area contributed by atoms with Gasteiger partial charge >= 0.3 is 0 Å². The van der Waals surface area contributed by atoms with E-state index in [1.54, 1.807) is 4.31 Å². The predicted octanol–water partition coefficient (Wildman–Crippen LogP) is 3.66. The minimum Gasteiger partial charge on any atom is -0.212 e. The van der Waals surface area contributed by atoms with Crippen LogP contribution in [0.3, 0.4) is 0 Å². The molecule has 3 nitrogen and oxygen atoms in total. The average molecular weight is 321 g/mol. The van der Waals surface area contributed by atoms with Crippen LogP contribution < -0.4 is 0 Å². The van der Waals surface area contributed by atoms with Gasteiger partial charge in [-0.2, -0.15) is 0 Å². The normalized spacial score (nSPS) is 22.0. The Balaban J connectivity index is 1.64. The first-order valence-electron chi connectivity index (χ1n) is 8.38. The van der Waals surface area contributed by atoms with E-state index >= 15 is 0 Å². The van der Waals surface area contributed by atoms with Crippen LogP contribution in [0.1, 0.15) is 63.5 Å². The zero-order valence-electron chi connectivity index (χ0n) is 13.9.